The molecule has 0 radical (unpaired) electrons. The number of fused-ring (bicyclic) bond motifs is 3. The van der Waals surface area contributed by atoms with Gasteiger partial charge in [0.2, 0.25) is 0 Å². The van der Waals surface area contributed by atoms with E-state index in [-0.39, 0.29) is 5.91 Å². The van der Waals surface area contributed by atoms with Crippen molar-refractivity contribution in [3.63, 3.8) is 0 Å². The van der Waals surface area contributed by atoms with E-state index in [0.29, 0.717) is 24.4 Å². The van der Waals surface area contributed by atoms with Crippen LogP contribution in [0.2, 0.25) is 0 Å². The average Bonchev–Trinajstić information content (AvgIpc) is 2.83. The van der Waals surface area contributed by atoms with Gasteiger partial charge in [0.25, 0.3) is 5.91 Å². The Morgan fingerprint density at radius 2 is 1.91 bits per heavy atom. The molecule has 2 aromatic carbocycles. The zero-order chi connectivity index (χ0) is 22.1. The topological polar surface area (TPSA) is 58.1 Å². The van der Waals surface area contributed by atoms with E-state index in [1.54, 1.807) is 0 Å². The number of rotatable bonds is 5. The van der Waals surface area contributed by atoms with E-state index in [0.717, 1.165) is 52.3 Å². The third-order valence-corrected chi connectivity index (χ3v) is 7.49. The summed E-state index contributed by atoms with van der Waals surface area (Å²) in [5, 5.41) is 3.14. The number of nitrogens with one attached hydrogen (secondary N) is 1. The van der Waals surface area contributed by atoms with Gasteiger partial charge < -0.3 is 5.32 Å². The number of halogens is 1. The van der Waals surface area contributed by atoms with Crippen molar-refractivity contribution in [2.24, 2.45) is 5.92 Å². The van der Waals surface area contributed by atoms with Crippen LogP contribution in [-0.2, 0) is 0 Å². The summed E-state index contributed by atoms with van der Waals surface area (Å²) in [6, 6.07) is 20.2. The van der Waals surface area contributed by atoms with Crippen LogP contribution in [0.25, 0.3) is 11.3 Å². The molecule has 2 bridgehead atoms. The Bertz CT molecular complexity index is 1120. The van der Waals surface area contributed by atoms with Gasteiger partial charge in [-0.25, -0.2) is 9.97 Å². The monoisotopic (exact) mass is 490 g/mol. The van der Waals surface area contributed by atoms with Crippen molar-refractivity contribution in [1.82, 2.24) is 20.2 Å². The van der Waals surface area contributed by atoms with Gasteiger partial charge in [0.05, 0.1) is 5.69 Å². The molecule has 164 valence electrons. The van der Waals surface area contributed by atoms with Gasteiger partial charge in [-0.3, -0.25) is 9.69 Å². The maximum atomic E-state index is 12.5. The predicted molar refractivity (Wildman–Crippen MR) is 130 cm³/mol. The molecule has 0 aliphatic carbocycles. The third-order valence-electron chi connectivity index (χ3n) is 6.80. The number of carbonyl (C=O) groups is 1. The second-order valence-electron chi connectivity index (χ2n) is 8.82. The molecule has 3 saturated heterocycles. The van der Waals surface area contributed by atoms with Gasteiger partial charge in [-0.15, -0.1) is 0 Å². The summed E-state index contributed by atoms with van der Waals surface area (Å²) in [5.74, 6) is 1.82. The molecule has 3 aliphatic heterocycles. The summed E-state index contributed by atoms with van der Waals surface area (Å²) in [6.45, 7) is 4.76. The number of nitrogens with zero attached hydrogens (tertiary/aromatic N) is 3. The zero-order valence-electron chi connectivity index (χ0n) is 18.2. The molecule has 3 fully saturated rings. The molecule has 1 N–H and O–H groups in total. The average molecular weight is 491 g/mol. The Morgan fingerprint density at radius 1 is 1.12 bits per heavy atom. The summed E-state index contributed by atoms with van der Waals surface area (Å²) in [7, 11) is 0. The lowest BCUT2D eigenvalue weighted by molar-refractivity contribution is 0.0290. The first-order chi connectivity index (χ1) is 15.6. The molecule has 4 atom stereocenters. The Kier molecular flexibility index (Phi) is 6.07. The van der Waals surface area contributed by atoms with Crippen molar-refractivity contribution in [1.29, 1.82) is 0 Å². The van der Waals surface area contributed by atoms with E-state index in [1.807, 2.05) is 49.4 Å². The summed E-state index contributed by atoms with van der Waals surface area (Å²) in [4.78, 5) is 24.6. The molecule has 3 aromatic rings. The van der Waals surface area contributed by atoms with Crippen LogP contribution in [-0.4, -0.2) is 46.5 Å². The number of benzene rings is 2. The van der Waals surface area contributed by atoms with E-state index in [9.17, 15) is 4.79 Å². The van der Waals surface area contributed by atoms with E-state index in [4.69, 9.17) is 9.97 Å². The Labute approximate surface area is 197 Å². The number of amides is 1. The Balaban J connectivity index is 1.30. The highest BCUT2D eigenvalue weighted by Crippen LogP contribution is 2.42. The fourth-order valence-corrected chi connectivity index (χ4v) is 5.66. The maximum Gasteiger partial charge on any atom is 0.251 e. The van der Waals surface area contributed by atoms with Crippen molar-refractivity contribution < 1.29 is 4.79 Å². The van der Waals surface area contributed by atoms with Crippen LogP contribution in [0.15, 0.2) is 65.1 Å². The van der Waals surface area contributed by atoms with Crippen molar-refractivity contribution in [3.8, 4) is 11.3 Å². The maximum absolute atomic E-state index is 12.5. The molecule has 32 heavy (non-hydrogen) atoms. The highest BCUT2D eigenvalue weighted by molar-refractivity contribution is 9.10. The summed E-state index contributed by atoms with van der Waals surface area (Å²) in [5.41, 5.74) is 3.94. The Hall–Kier alpha value is -2.57. The fourth-order valence-electron chi connectivity index (χ4n) is 5.18. The van der Waals surface area contributed by atoms with Crippen molar-refractivity contribution in [2.75, 3.05) is 19.6 Å². The molecule has 1 amide bonds. The summed E-state index contributed by atoms with van der Waals surface area (Å²) < 4.78 is 1.05. The second kappa shape index (κ2) is 9.12. The zero-order valence-corrected chi connectivity index (χ0v) is 19.8. The number of aromatic nitrogens is 2. The van der Waals surface area contributed by atoms with Gasteiger partial charge in [0.1, 0.15) is 5.82 Å². The summed E-state index contributed by atoms with van der Waals surface area (Å²) in [6.07, 6.45) is 2.27. The minimum Gasteiger partial charge on any atom is -0.350 e. The number of carbonyl (C=O) groups excluding carboxylic acids is 1. The van der Waals surface area contributed by atoms with Crippen LogP contribution in [0.3, 0.4) is 0 Å². The quantitative estimate of drug-likeness (QED) is 0.556. The minimum absolute atomic E-state index is 0.00861. The molecule has 4 heterocycles. The third kappa shape index (κ3) is 4.34. The second-order valence-corrected chi connectivity index (χ2v) is 9.68. The van der Waals surface area contributed by atoms with Crippen LogP contribution in [0, 0.1) is 12.8 Å². The van der Waals surface area contributed by atoms with Gasteiger partial charge >= 0.3 is 0 Å². The molecule has 0 spiro atoms. The fraction of sp³-hybridized carbons (Fsp3) is 0.346. The van der Waals surface area contributed by atoms with E-state index in [2.05, 4.69) is 44.3 Å². The smallest absolute Gasteiger partial charge is 0.251 e. The van der Waals surface area contributed by atoms with E-state index < -0.39 is 0 Å². The Morgan fingerprint density at radius 3 is 2.66 bits per heavy atom. The largest absolute Gasteiger partial charge is 0.350 e. The molecular formula is C26H27BrN4O. The van der Waals surface area contributed by atoms with Crippen LogP contribution < -0.4 is 5.32 Å². The van der Waals surface area contributed by atoms with Crippen LogP contribution in [0.1, 0.15) is 40.6 Å². The van der Waals surface area contributed by atoms with Gasteiger partial charge in [-0.2, -0.15) is 0 Å². The van der Waals surface area contributed by atoms with E-state index in [1.165, 1.54) is 6.42 Å². The van der Waals surface area contributed by atoms with Crippen molar-refractivity contribution in [3.05, 3.63) is 82.2 Å². The number of piperidine rings is 3. The number of hydrogen-bond donors (Lipinski definition) is 1. The molecule has 0 saturated carbocycles. The molecule has 1 unspecified atom stereocenters. The molecule has 6 heteroatoms. The van der Waals surface area contributed by atoms with E-state index >= 15 is 0 Å². The van der Waals surface area contributed by atoms with Gasteiger partial charge in [0, 0.05) is 46.3 Å². The van der Waals surface area contributed by atoms with Gasteiger partial charge in [0.15, 0.2) is 0 Å². The molecule has 1 aromatic heterocycles. The number of hydrogen-bond acceptors (Lipinski definition) is 4. The lowest BCUT2D eigenvalue weighted by Gasteiger charge is -2.49. The summed E-state index contributed by atoms with van der Waals surface area (Å²) >= 11 is 3.66. The van der Waals surface area contributed by atoms with Crippen molar-refractivity contribution in [2.45, 2.75) is 31.7 Å². The predicted octanol–water partition coefficient (Wildman–Crippen LogP) is 4.82. The van der Waals surface area contributed by atoms with Crippen LogP contribution >= 0.6 is 15.9 Å². The molecule has 3 aliphatic rings. The first-order valence-electron chi connectivity index (χ1n) is 11.3. The normalized spacial score (nSPS) is 24.3. The SMILES string of the molecule is Cc1nc(-c2ccccc2Br)cc([C@H]2CN3CC[C@H]2C[C@@H]3CNC(=O)c2ccccc2)n1. The standard InChI is InChI=1S/C26H27BrN4O/c1-17-29-24(21-9-5-6-10-23(21)27)14-25(30-17)22-16-31-12-11-19(22)13-20(31)15-28-26(32)18-7-3-2-4-8-18/h2-10,14,19-20,22H,11-13,15-16H2,1H3,(H,28,32)/t19-,20+,22-/m0/s1. The van der Waals surface area contributed by atoms with Gasteiger partial charge in [-0.1, -0.05) is 52.3 Å². The number of aryl methyl sites for hydroxylation is 1. The molecular weight excluding hydrogens is 464 g/mol. The first-order valence-corrected chi connectivity index (χ1v) is 12.1. The highest BCUT2D eigenvalue weighted by Gasteiger charge is 2.41. The lowest BCUT2D eigenvalue weighted by Crippen LogP contribution is -2.56. The van der Waals surface area contributed by atoms with Crippen LogP contribution in [0.4, 0.5) is 0 Å². The first kappa shape index (κ1) is 21.3. The minimum atomic E-state index is 0.00861. The van der Waals surface area contributed by atoms with Crippen LogP contribution in [0.5, 0.6) is 0 Å². The lowest BCUT2D eigenvalue weighted by atomic mass is 9.74. The molecule has 6 rings (SSSR count). The molecule has 5 nitrogen and oxygen atoms in total. The van der Waals surface area contributed by atoms with Gasteiger partial charge in [-0.05, 0) is 56.5 Å². The highest BCUT2D eigenvalue weighted by atomic mass is 79.9. The van der Waals surface area contributed by atoms with Crippen molar-refractivity contribution >= 4 is 21.8 Å².